The minimum absolute atomic E-state index is 0.0777. The first-order valence-electron chi connectivity index (χ1n) is 6.91. The summed E-state index contributed by atoms with van der Waals surface area (Å²) in [6.45, 7) is 10.3. The Morgan fingerprint density at radius 2 is 1.68 bits per heavy atom. The van der Waals surface area contributed by atoms with Gasteiger partial charge in [0.2, 0.25) is 0 Å². The zero-order chi connectivity index (χ0) is 14.5. The molecule has 0 radical (unpaired) electrons. The Morgan fingerprint density at radius 3 is 2.16 bits per heavy atom. The standard InChI is InChI=1S/C14H27N5/c1-7-11-12(15-8-2)17-10-18-13(11)16-9-14(3,4)19(5)6/h10H,7-9H2,1-6H3,(H2,15,16,17,18). The largest absolute Gasteiger partial charge is 0.370 e. The van der Waals surface area contributed by atoms with Crippen molar-refractivity contribution in [3.63, 3.8) is 0 Å². The third-order valence-electron chi connectivity index (χ3n) is 3.54. The van der Waals surface area contributed by atoms with Crippen molar-refractivity contribution in [3.05, 3.63) is 11.9 Å². The van der Waals surface area contributed by atoms with Gasteiger partial charge in [0, 0.05) is 24.2 Å². The summed E-state index contributed by atoms with van der Waals surface area (Å²) in [7, 11) is 4.18. The van der Waals surface area contributed by atoms with Crippen LogP contribution in [0.25, 0.3) is 0 Å². The summed E-state index contributed by atoms with van der Waals surface area (Å²) in [6, 6.07) is 0. The third-order valence-corrected chi connectivity index (χ3v) is 3.54. The normalized spacial score (nSPS) is 11.7. The molecule has 0 aromatic carbocycles. The number of likely N-dealkylation sites (N-methyl/N-ethyl adjacent to an activating group) is 1. The van der Waals surface area contributed by atoms with Crippen molar-refractivity contribution in [2.24, 2.45) is 0 Å². The van der Waals surface area contributed by atoms with Crippen molar-refractivity contribution >= 4 is 11.6 Å². The summed E-state index contributed by atoms with van der Waals surface area (Å²) >= 11 is 0. The highest BCUT2D eigenvalue weighted by Gasteiger charge is 2.21. The summed E-state index contributed by atoms with van der Waals surface area (Å²) in [4.78, 5) is 10.9. The molecule has 19 heavy (non-hydrogen) atoms. The van der Waals surface area contributed by atoms with Crippen LogP contribution in [0.3, 0.4) is 0 Å². The van der Waals surface area contributed by atoms with Gasteiger partial charge in [-0.1, -0.05) is 6.92 Å². The second kappa shape index (κ2) is 6.70. The molecular weight excluding hydrogens is 238 g/mol. The quantitative estimate of drug-likeness (QED) is 0.792. The molecule has 0 saturated heterocycles. The highest BCUT2D eigenvalue weighted by atomic mass is 15.2. The second-order valence-corrected chi connectivity index (χ2v) is 5.49. The van der Waals surface area contributed by atoms with Crippen molar-refractivity contribution in [1.82, 2.24) is 14.9 Å². The predicted octanol–water partition coefficient (Wildman–Crippen LogP) is 2.22. The summed E-state index contributed by atoms with van der Waals surface area (Å²) < 4.78 is 0. The monoisotopic (exact) mass is 265 g/mol. The van der Waals surface area contributed by atoms with Crippen LogP contribution in [0.2, 0.25) is 0 Å². The van der Waals surface area contributed by atoms with Crippen LogP contribution >= 0.6 is 0 Å². The number of nitrogens with zero attached hydrogens (tertiary/aromatic N) is 3. The molecule has 1 aromatic rings. The van der Waals surface area contributed by atoms with Crippen LogP contribution in [0.4, 0.5) is 11.6 Å². The van der Waals surface area contributed by atoms with Gasteiger partial charge in [0.05, 0.1) is 0 Å². The molecule has 0 aliphatic carbocycles. The molecule has 0 unspecified atom stereocenters. The Morgan fingerprint density at radius 1 is 1.11 bits per heavy atom. The van der Waals surface area contributed by atoms with Gasteiger partial charge in [-0.2, -0.15) is 0 Å². The number of hydrogen-bond donors (Lipinski definition) is 2. The van der Waals surface area contributed by atoms with E-state index in [1.54, 1.807) is 6.33 Å². The molecular formula is C14H27N5. The van der Waals surface area contributed by atoms with E-state index in [0.717, 1.165) is 36.7 Å². The van der Waals surface area contributed by atoms with Crippen LogP contribution in [0.5, 0.6) is 0 Å². The average Bonchev–Trinajstić information content (AvgIpc) is 2.36. The van der Waals surface area contributed by atoms with E-state index in [0.29, 0.717) is 0 Å². The molecule has 0 saturated carbocycles. The van der Waals surface area contributed by atoms with Gasteiger partial charge in [-0.3, -0.25) is 0 Å². The smallest absolute Gasteiger partial charge is 0.134 e. The number of rotatable bonds is 7. The topological polar surface area (TPSA) is 53.1 Å². The van der Waals surface area contributed by atoms with E-state index < -0.39 is 0 Å². The molecule has 5 heteroatoms. The Hall–Kier alpha value is -1.36. The molecule has 0 spiro atoms. The SMILES string of the molecule is CCNc1ncnc(NCC(C)(C)N(C)C)c1CC. The van der Waals surface area contributed by atoms with Gasteiger partial charge >= 0.3 is 0 Å². The second-order valence-electron chi connectivity index (χ2n) is 5.49. The Balaban J connectivity index is 2.86. The molecule has 0 fully saturated rings. The lowest BCUT2D eigenvalue weighted by molar-refractivity contribution is 0.210. The lowest BCUT2D eigenvalue weighted by Gasteiger charge is -2.33. The van der Waals surface area contributed by atoms with E-state index >= 15 is 0 Å². The van der Waals surface area contributed by atoms with E-state index in [4.69, 9.17) is 0 Å². The van der Waals surface area contributed by atoms with Crippen LogP contribution in [0.15, 0.2) is 6.33 Å². The zero-order valence-electron chi connectivity index (χ0n) is 13.0. The lowest BCUT2D eigenvalue weighted by Crippen LogP contribution is -2.44. The summed E-state index contributed by atoms with van der Waals surface area (Å²) in [5, 5.41) is 6.74. The Kier molecular flexibility index (Phi) is 5.54. The maximum Gasteiger partial charge on any atom is 0.134 e. The zero-order valence-corrected chi connectivity index (χ0v) is 13.0. The van der Waals surface area contributed by atoms with Crippen LogP contribution in [0.1, 0.15) is 33.3 Å². The van der Waals surface area contributed by atoms with Crippen molar-refractivity contribution in [1.29, 1.82) is 0 Å². The molecule has 108 valence electrons. The Bertz CT molecular complexity index is 401. The number of anilines is 2. The molecule has 1 rings (SSSR count). The van der Waals surface area contributed by atoms with Gasteiger partial charge in [-0.15, -0.1) is 0 Å². The molecule has 0 bridgehead atoms. The highest BCUT2D eigenvalue weighted by molar-refractivity contribution is 5.57. The minimum atomic E-state index is 0.0777. The van der Waals surface area contributed by atoms with Crippen LogP contribution in [0, 0.1) is 0 Å². The summed E-state index contributed by atoms with van der Waals surface area (Å²) in [6.07, 6.45) is 2.52. The molecule has 5 nitrogen and oxygen atoms in total. The fourth-order valence-electron chi connectivity index (χ4n) is 1.68. The number of aromatic nitrogens is 2. The first kappa shape index (κ1) is 15.7. The van der Waals surface area contributed by atoms with Crippen molar-refractivity contribution in [3.8, 4) is 0 Å². The number of hydrogen-bond acceptors (Lipinski definition) is 5. The van der Waals surface area contributed by atoms with Gasteiger partial charge in [-0.05, 0) is 41.3 Å². The van der Waals surface area contributed by atoms with Gasteiger partial charge < -0.3 is 15.5 Å². The highest BCUT2D eigenvalue weighted by Crippen LogP contribution is 2.21. The van der Waals surface area contributed by atoms with Crippen molar-refractivity contribution < 1.29 is 0 Å². The van der Waals surface area contributed by atoms with Gasteiger partial charge in [0.15, 0.2) is 0 Å². The number of nitrogens with one attached hydrogen (secondary N) is 2. The van der Waals surface area contributed by atoms with Gasteiger partial charge in [0.1, 0.15) is 18.0 Å². The van der Waals surface area contributed by atoms with E-state index in [9.17, 15) is 0 Å². The third kappa shape index (κ3) is 4.06. The van der Waals surface area contributed by atoms with E-state index in [1.807, 2.05) is 0 Å². The Labute approximate surface area is 116 Å². The maximum absolute atomic E-state index is 4.37. The van der Waals surface area contributed by atoms with Crippen molar-refractivity contribution in [2.45, 2.75) is 39.7 Å². The van der Waals surface area contributed by atoms with Crippen LogP contribution in [-0.4, -0.2) is 47.6 Å². The van der Waals surface area contributed by atoms with Crippen LogP contribution in [-0.2, 0) is 6.42 Å². The van der Waals surface area contributed by atoms with Gasteiger partial charge in [0.25, 0.3) is 0 Å². The molecule has 2 N–H and O–H groups in total. The minimum Gasteiger partial charge on any atom is -0.370 e. The maximum atomic E-state index is 4.37. The molecule has 0 amide bonds. The first-order chi connectivity index (χ1) is 8.92. The van der Waals surface area contributed by atoms with Crippen LogP contribution < -0.4 is 10.6 Å². The average molecular weight is 265 g/mol. The van der Waals surface area contributed by atoms with Gasteiger partial charge in [-0.25, -0.2) is 9.97 Å². The molecule has 1 heterocycles. The molecule has 0 aliphatic heterocycles. The lowest BCUT2D eigenvalue weighted by atomic mass is 10.0. The predicted molar refractivity (Wildman–Crippen MR) is 81.8 cm³/mol. The fourth-order valence-corrected chi connectivity index (χ4v) is 1.68. The van der Waals surface area contributed by atoms with E-state index in [2.05, 4.69) is 67.3 Å². The summed E-state index contributed by atoms with van der Waals surface area (Å²) in [5.74, 6) is 1.87. The molecule has 0 atom stereocenters. The van der Waals surface area contributed by atoms with E-state index in [1.165, 1.54) is 0 Å². The summed E-state index contributed by atoms with van der Waals surface area (Å²) in [5.41, 5.74) is 1.23. The molecule has 0 aliphatic rings. The first-order valence-corrected chi connectivity index (χ1v) is 6.91. The molecule has 1 aromatic heterocycles. The fraction of sp³-hybridized carbons (Fsp3) is 0.714. The van der Waals surface area contributed by atoms with Crippen molar-refractivity contribution in [2.75, 3.05) is 37.8 Å². The van der Waals surface area contributed by atoms with E-state index in [-0.39, 0.29) is 5.54 Å².